The molecule has 80 valence electrons. The minimum atomic E-state index is -0.788. The Kier molecular flexibility index (Phi) is 1.91. The van der Waals surface area contributed by atoms with Gasteiger partial charge in [-0.25, -0.2) is 4.79 Å². The number of carbonyl (C=O) groups is 1. The summed E-state index contributed by atoms with van der Waals surface area (Å²) >= 11 is 1.49. The molecule has 0 saturated heterocycles. The summed E-state index contributed by atoms with van der Waals surface area (Å²) in [5.74, 6) is -0.788. The van der Waals surface area contributed by atoms with Crippen LogP contribution in [0.5, 0.6) is 0 Å². The summed E-state index contributed by atoms with van der Waals surface area (Å²) in [6, 6.07) is 1.84. The van der Waals surface area contributed by atoms with Crippen molar-refractivity contribution in [3.63, 3.8) is 0 Å². The highest BCUT2D eigenvalue weighted by atomic mass is 32.1. The predicted molar refractivity (Wildman–Crippen MR) is 58.5 cm³/mol. The molecule has 15 heavy (non-hydrogen) atoms. The van der Waals surface area contributed by atoms with E-state index >= 15 is 0 Å². The van der Waals surface area contributed by atoms with E-state index in [1.165, 1.54) is 41.0 Å². The SMILES string of the molecule is O=C(O)c1cc2c(s1)C1(CCC1)CNC2. The van der Waals surface area contributed by atoms with Gasteiger partial charge in [0.15, 0.2) is 0 Å². The average Bonchev–Trinajstić information content (AvgIpc) is 2.58. The van der Waals surface area contributed by atoms with E-state index in [4.69, 9.17) is 5.11 Å². The van der Waals surface area contributed by atoms with Crippen LogP contribution in [0, 0.1) is 0 Å². The zero-order valence-electron chi connectivity index (χ0n) is 8.38. The molecule has 1 aliphatic carbocycles. The van der Waals surface area contributed by atoms with E-state index < -0.39 is 5.97 Å². The van der Waals surface area contributed by atoms with E-state index in [1.54, 1.807) is 0 Å². The summed E-state index contributed by atoms with van der Waals surface area (Å²) in [5.41, 5.74) is 1.50. The number of aromatic carboxylic acids is 1. The van der Waals surface area contributed by atoms with Gasteiger partial charge < -0.3 is 10.4 Å². The van der Waals surface area contributed by atoms with Crippen molar-refractivity contribution in [2.75, 3.05) is 6.54 Å². The third kappa shape index (κ3) is 1.25. The van der Waals surface area contributed by atoms with Gasteiger partial charge in [-0.3, -0.25) is 0 Å². The van der Waals surface area contributed by atoms with Crippen molar-refractivity contribution in [2.24, 2.45) is 0 Å². The molecule has 0 amide bonds. The predicted octanol–water partition coefficient (Wildman–Crippen LogP) is 1.97. The first-order valence-corrected chi connectivity index (χ1v) is 6.10. The molecule has 1 spiro atoms. The Morgan fingerprint density at radius 3 is 2.93 bits per heavy atom. The highest BCUT2D eigenvalue weighted by Crippen LogP contribution is 2.49. The van der Waals surface area contributed by atoms with Crippen LogP contribution >= 0.6 is 11.3 Å². The number of nitrogens with one attached hydrogen (secondary N) is 1. The molecule has 0 atom stereocenters. The second-order valence-corrected chi connectivity index (χ2v) is 5.56. The molecular weight excluding hydrogens is 210 g/mol. The molecule has 0 radical (unpaired) electrons. The van der Waals surface area contributed by atoms with Gasteiger partial charge in [-0.15, -0.1) is 11.3 Å². The van der Waals surface area contributed by atoms with Gasteiger partial charge in [0.05, 0.1) is 0 Å². The Labute approximate surface area is 92.1 Å². The second kappa shape index (κ2) is 3.06. The third-order valence-electron chi connectivity index (χ3n) is 3.59. The van der Waals surface area contributed by atoms with Crippen molar-refractivity contribution < 1.29 is 9.90 Å². The molecule has 2 heterocycles. The topological polar surface area (TPSA) is 49.3 Å². The molecule has 1 fully saturated rings. The van der Waals surface area contributed by atoms with Gasteiger partial charge >= 0.3 is 5.97 Å². The van der Waals surface area contributed by atoms with Crippen molar-refractivity contribution in [1.82, 2.24) is 5.32 Å². The average molecular weight is 223 g/mol. The Bertz CT molecular complexity index is 420. The lowest BCUT2D eigenvalue weighted by atomic mass is 9.66. The van der Waals surface area contributed by atoms with Crippen LogP contribution in [0.4, 0.5) is 0 Å². The third-order valence-corrected chi connectivity index (χ3v) is 5.00. The van der Waals surface area contributed by atoms with Crippen LogP contribution in [0.2, 0.25) is 0 Å². The molecule has 3 nitrogen and oxygen atoms in total. The van der Waals surface area contributed by atoms with Gasteiger partial charge in [0, 0.05) is 23.4 Å². The normalized spacial score (nSPS) is 22.1. The zero-order chi connectivity index (χ0) is 10.5. The van der Waals surface area contributed by atoms with Gasteiger partial charge in [-0.1, -0.05) is 6.42 Å². The van der Waals surface area contributed by atoms with E-state index in [1.807, 2.05) is 6.07 Å². The molecule has 3 rings (SSSR count). The van der Waals surface area contributed by atoms with E-state index in [-0.39, 0.29) is 5.41 Å². The Balaban J connectivity index is 2.07. The first kappa shape index (κ1) is 9.36. The van der Waals surface area contributed by atoms with Crippen LogP contribution in [0.15, 0.2) is 6.07 Å². The lowest BCUT2D eigenvalue weighted by Gasteiger charge is -2.44. The van der Waals surface area contributed by atoms with Crippen LogP contribution in [0.1, 0.15) is 39.4 Å². The number of fused-ring (bicyclic) bond motifs is 2. The molecular formula is C11H13NO2S. The summed E-state index contributed by atoms with van der Waals surface area (Å²) in [7, 11) is 0. The summed E-state index contributed by atoms with van der Waals surface area (Å²) < 4.78 is 0. The summed E-state index contributed by atoms with van der Waals surface area (Å²) in [6.45, 7) is 1.86. The minimum Gasteiger partial charge on any atom is -0.477 e. The molecule has 1 aromatic heterocycles. The number of carboxylic acid groups (broad SMARTS) is 1. The van der Waals surface area contributed by atoms with Gasteiger partial charge in [0.1, 0.15) is 4.88 Å². The van der Waals surface area contributed by atoms with Gasteiger partial charge in [-0.05, 0) is 24.5 Å². The molecule has 0 bridgehead atoms. The highest BCUT2D eigenvalue weighted by Gasteiger charge is 2.43. The fraction of sp³-hybridized carbons (Fsp3) is 0.545. The number of hydrogen-bond donors (Lipinski definition) is 2. The Morgan fingerprint density at radius 1 is 1.53 bits per heavy atom. The van der Waals surface area contributed by atoms with Crippen molar-refractivity contribution in [3.8, 4) is 0 Å². The number of rotatable bonds is 1. The van der Waals surface area contributed by atoms with Crippen molar-refractivity contribution in [3.05, 3.63) is 21.4 Å². The lowest BCUT2D eigenvalue weighted by molar-refractivity contribution is 0.0702. The Hall–Kier alpha value is -0.870. The van der Waals surface area contributed by atoms with Gasteiger partial charge in [0.2, 0.25) is 0 Å². The first-order valence-electron chi connectivity index (χ1n) is 5.28. The van der Waals surface area contributed by atoms with E-state index in [0.717, 1.165) is 13.1 Å². The van der Waals surface area contributed by atoms with Crippen LogP contribution in [-0.4, -0.2) is 17.6 Å². The fourth-order valence-corrected chi connectivity index (χ4v) is 3.90. The molecule has 1 aliphatic heterocycles. The molecule has 2 aliphatic rings. The number of thiophene rings is 1. The van der Waals surface area contributed by atoms with Gasteiger partial charge in [0.25, 0.3) is 0 Å². The van der Waals surface area contributed by atoms with E-state index in [2.05, 4.69) is 5.32 Å². The molecule has 1 aromatic rings. The van der Waals surface area contributed by atoms with E-state index in [0.29, 0.717) is 4.88 Å². The smallest absolute Gasteiger partial charge is 0.345 e. The largest absolute Gasteiger partial charge is 0.477 e. The summed E-state index contributed by atoms with van der Waals surface area (Å²) in [4.78, 5) is 12.8. The van der Waals surface area contributed by atoms with Crippen molar-refractivity contribution in [1.29, 1.82) is 0 Å². The zero-order valence-corrected chi connectivity index (χ0v) is 9.19. The quantitative estimate of drug-likeness (QED) is 0.765. The van der Waals surface area contributed by atoms with Crippen LogP contribution in [0.25, 0.3) is 0 Å². The van der Waals surface area contributed by atoms with Gasteiger partial charge in [-0.2, -0.15) is 0 Å². The van der Waals surface area contributed by atoms with E-state index in [9.17, 15) is 4.79 Å². The molecule has 4 heteroatoms. The molecule has 0 aromatic carbocycles. The molecule has 2 N–H and O–H groups in total. The highest BCUT2D eigenvalue weighted by molar-refractivity contribution is 7.14. The fourth-order valence-electron chi connectivity index (χ4n) is 2.64. The van der Waals surface area contributed by atoms with Crippen molar-refractivity contribution >= 4 is 17.3 Å². The number of carboxylic acids is 1. The number of hydrogen-bond acceptors (Lipinski definition) is 3. The monoisotopic (exact) mass is 223 g/mol. The molecule has 0 unspecified atom stereocenters. The lowest BCUT2D eigenvalue weighted by Crippen LogP contribution is -2.46. The maximum absolute atomic E-state index is 10.9. The first-order chi connectivity index (χ1) is 7.21. The minimum absolute atomic E-state index is 0.284. The maximum Gasteiger partial charge on any atom is 0.345 e. The Morgan fingerprint density at radius 2 is 2.33 bits per heavy atom. The summed E-state index contributed by atoms with van der Waals surface area (Å²) in [5, 5.41) is 12.4. The van der Waals surface area contributed by atoms with Crippen LogP contribution in [-0.2, 0) is 12.0 Å². The molecule has 1 saturated carbocycles. The van der Waals surface area contributed by atoms with Crippen molar-refractivity contribution in [2.45, 2.75) is 31.2 Å². The standard InChI is InChI=1S/C11H13NO2S/c13-10(14)8-4-7-5-12-6-11(2-1-3-11)9(7)15-8/h4,12H,1-3,5-6H2,(H,13,14). The van der Waals surface area contributed by atoms with Crippen LogP contribution in [0.3, 0.4) is 0 Å². The summed E-state index contributed by atoms with van der Waals surface area (Å²) in [6.07, 6.45) is 3.71. The second-order valence-electron chi connectivity index (χ2n) is 4.51. The van der Waals surface area contributed by atoms with Crippen LogP contribution < -0.4 is 5.32 Å². The maximum atomic E-state index is 10.9.